The van der Waals surface area contributed by atoms with E-state index in [0.717, 1.165) is 67.8 Å². The van der Waals surface area contributed by atoms with E-state index >= 15 is 0 Å². The molecule has 0 aromatic rings. The highest BCUT2D eigenvalue weighted by Crippen LogP contribution is 2.70. The topological polar surface area (TPSA) is 35.5 Å². The van der Waals surface area contributed by atoms with Crippen LogP contribution in [0.1, 0.15) is 65.2 Å². The molecule has 148 valence electrons. The van der Waals surface area contributed by atoms with Gasteiger partial charge in [-0.1, -0.05) is 39.3 Å². The number of rotatable bonds is 4. The first-order valence-corrected chi connectivity index (χ1v) is 11.1. The van der Waals surface area contributed by atoms with Crippen molar-refractivity contribution in [2.45, 2.75) is 65.2 Å². The van der Waals surface area contributed by atoms with Gasteiger partial charge in [0.25, 0.3) is 0 Å². The molecule has 3 nitrogen and oxygen atoms in total. The van der Waals surface area contributed by atoms with Crippen LogP contribution in [0.5, 0.6) is 0 Å². The van der Waals surface area contributed by atoms with Gasteiger partial charge in [0.1, 0.15) is 17.3 Å². The zero-order valence-corrected chi connectivity index (χ0v) is 17.1. The Balaban J connectivity index is 1.68. The molecule has 1 spiro atoms. The zero-order chi connectivity index (χ0) is 19.5. The van der Waals surface area contributed by atoms with E-state index in [-0.39, 0.29) is 17.3 Å². The Labute approximate surface area is 167 Å². The largest absolute Gasteiger partial charge is 0.461 e. The van der Waals surface area contributed by atoms with Gasteiger partial charge >= 0.3 is 5.97 Å². The molecule has 6 aliphatic rings. The Morgan fingerprint density at radius 3 is 2.75 bits per heavy atom. The van der Waals surface area contributed by atoms with Crippen LogP contribution in [-0.2, 0) is 14.3 Å². The molecule has 6 rings (SSSR count). The predicted octanol–water partition coefficient (Wildman–Crippen LogP) is 6.11. The van der Waals surface area contributed by atoms with E-state index in [1.165, 1.54) is 17.6 Å². The molecule has 1 saturated carbocycles. The van der Waals surface area contributed by atoms with E-state index in [1.54, 1.807) is 0 Å². The van der Waals surface area contributed by atoms with Gasteiger partial charge in [0, 0.05) is 22.6 Å². The highest BCUT2D eigenvalue weighted by atomic mass is 16.5. The molecule has 0 radical (unpaired) electrons. The van der Waals surface area contributed by atoms with Crippen molar-refractivity contribution in [3.8, 4) is 0 Å². The fourth-order valence-corrected chi connectivity index (χ4v) is 6.41. The Hall–Kier alpha value is -2.03. The van der Waals surface area contributed by atoms with Crippen molar-refractivity contribution in [2.24, 2.45) is 23.2 Å². The van der Waals surface area contributed by atoms with E-state index in [4.69, 9.17) is 9.47 Å². The average molecular weight is 379 g/mol. The second kappa shape index (κ2) is 6.50. The lowest BCUT2D eigenvalue weighted by atomic mass is 9.46. The summed E-state index contributed by atoms with van der Waals surface area (Å²) in [6.07, 6.45) is 15.2. The van der Waals surface area contributed by atoms with E-state index in [9.17, 15) is 4.79 Å². The van der Waals surface area contributed by atoms with Gasteiger partial charge < -0.3 is 9.47 Å². The van der Waals surface area contributed by atoms with Crippen LogP contribution >= 0.6 is 0 Å². The summed E-state index contributed by atoms with van der Waals surface area (Å²) < 4.78 is 12.1. The number of carbonyl (C=O) groups excluding carboxylic acids is 1. The van der Waals surface area contributed by atoms with Gasteiger partial charge in [-0.15, -0.1) is 0 Å². The van der Waals surface area contributed by atoms with E-state index < -0.39 is 0 Å². The average Bonchev–Trinajstić information content (AvgIpc) is 3.19. The SMILES string of the molecule is C=C1OC(=CCCC)[C@]23CC[C@H](C=C12)[C@H]1CCC2=C(C(=O)O/C2=C/CCC)[C@H]13. The molecule has 3 heteroatoms. The molecular weight excluding hydrogens is 348 g/mol. The van der Waals surface area contributed by atoms with Gasteiger partial charge in [-0.2, -0.15) is 0 Å². The normalized spacial score (nSPS) is 38.4. The van der Waals surface area contributed by atoms with Crippen molar-refractivity contribution in [3.05, 3.63) is 58.8 Å². The maximum absolute atomic E-state index is 13.1. The van der Waals surface area contributed by atoms with E-state index in [0.29, 0.717) is 11.8 Å². The molecule has 28 heavy (non-hydrogen) atoms. The highest BCUT2D eigenvalue weighted by molar-refractivity contribution is 5.96. The van der Waals surface area contributed by atoms with Crippen LogP contribution in [0.4, 0.5) is 0 Å². The quantitative estimate of drug-likeness (QED) is 0.553. The summed E-state index contributed by atoms with van der Waals surface area (Å²) in [6.45, 7) is 8.58. The van der Waals surface area contributed by atoms with E-state index in [2.05, 4.69) is 38.7 Å². The number of carbonyl (C=O) groups is 1. The number of hydrogen-bond donors (Lipinski definition) is 0. The number of fused-ring (bicyclic) bond motifs is 1. The lowest BCUT2D eigenvalue weighted by Crippen LogP contribution is -2.50. The first-order valence-electron chi connectivity index (χ1n) is 11.1. The third-order valence-corrected chi connectivity index (χ3v) is 7.54. The van der Waals surface area contributed by atoms with Crippen molar-refractivity contribution in [1.29, 1.82) is 0 Å². The molecule has 1 saturated heterocycles. The maximum atomic E-state index is 13.1. The lowest BCUT2D eigenvalue weighted by molar-refractivity contribution is -0.134. The molecule has 2 aliphatic heterocycles. The first-order chi connectivity index (χ1) is 13.6. The number of ether oxygens (including phenoxy) is 2. The summed E-state index contributed by atoms with van der Waals surface area (Å²) in [5, 5.41) is 0. The van der Waals surface area contributed by atoms with Crippen LogP contribution < -0.4 is 0 Å². The molecular formula is C25H30O3. The standard InChI is InChI=1S/C25H30O3/c1-4-6-8-20-18-11-10-17-16-12-13-25(23(17)22(18)24(26)28-20)19(14-16)15(3)27-21(25)9-7-5-2/h8-9,14,16-17,23H,3-7,10-13H2,1-2H3/b20-8+,21-9?/t16-,17-,23+,25+/m1/s1. The maximum Gasteiger partial charge on any atom is 0.340 e. The fourth-order valence-electron chi connectivity index (χ4n) is 6.41. The zero-order valence-electron chi connectivity index (χ0n) is 17.1. The first kappa shape index (κ1) is 18.0. The molecule has 0 amide bonds. The van der Waals surface area contributed by atoms with Crippen molar-refractivity contribution in [1.82, 2.24) is 0 Å². The van der Waals surface area contributed by atoms with E-state index in [1.807, 2.05) is 0 Å². The molecule has 2 heterocycles. The van der Waals surface area contributed by atoms with Gasteiger partial charge in [0.05, 0.1) is 5.41 Å². The summed E-state index contributed by atoms with van der Waals surface area (Å²) in [4.78, 5) is 13.1. The monoisotopic (exact) mass is 378 g/mol. The minimum Gasteiger partial charge on any atom is -0.461 e. The number of cyclic esters (lactones) is 1. The van der Waals surface area contributed by atoms with Crippen molar-refractivity contribution in [3.63, 3.8) is 0 Å². The van der Waals surface area contributed by atoms with Crippen LogP contribution in [0.3, 0.4) is 0 Å². The summed E-state index contributed by atoms with van der Waals surface area (Å²) in [7, 11) is 0. The Morgan fingerprint density at radius 2 is 1.96 bits per heavy atom. The number of allylic oxidation sites excluding steroid dienone is 6. The van der Waals surface area contributed by atoms with Crippen LogP contribution in [0, 0.1) is 23.2 Å². The Bertz CT molecular complexity index is 868. The van der Waals surface area contributed by atoms with Gasteiger partial charge in [-0.05, 0) is 62.5 Å². The minimum absolute atomic E-state index is 0.110. The molecule has 2 bridgehead atoms. The molecule has 0 aromatic carbocycles. The fraction of sp³-hybridized carbons (Fsp3) is 0.560. The summed E-state index contributed by atoms with van der Waals surface area (Å²) in [5.41, 5.74) is 3.18. The summed E-state index contributed by atoms with van der Waals surface area (Å²) in [6, 6.07) is 0. The van der Waals surface area contributed by atoms with Gasteiger partial charge in [-0.3, -0.25) is 0 Å². The number of hydrogen-bond acceptors (Lipinski definition) is 3. The number of unbranched alkanes of at least 4 members (excludes halogenated alkanes) is 2. The van der Waals surface area contributed by atoms with Crippen LogP contribution in [0.2, 0.25) is 0 Å². The lowest BCUT2D eigenvalue weighted by Gasteiger charge is -2.54. The van der Waals surface area contributed by atoms with Crippen molar-refractivity contribution >= 4 is 5.97 Å². The van der Waals surface area contributed by atoms with Gasteiger partial charge in [0.2, 0.25) is 0 Å². The predicted molar refractivity (Wildman–Crippen MR) is 109 cm³/mol. The van der Waals surface area contributed by atoms with Crippen LogP contribution in [0.25, 0.3) is 0 Å². The third kappa shape index (κ3) is 2.25. The van der Waals surface area contributed by atoms with Crippen LogP contribution in [-0.4, -0.2) is 5.97 Å². The summed E-state index contributed by atoms with van der Waals surface area (Å²) >= 11 is 0. The highest BCUT2D eigenvalue weighted by Gasteiger charge is 2.64. The molecule has 4 atom stereocenters. The van der Waals surface area contributed by atoms with Gasteiger partial charge in [0.15, 0.2) is 0 Å². The molecule has 0 N–H and O–H groups in total. The minimum atomic E-state index is -0.202. The Kier molecular flexibility index (Phi) is 4.19. The smallest absolute Gasteiger partial charge is 0.340 e. The Morgan fingerprint density at radius 1 is 1.18 bits per heavy atom. The van der Waals surface area contributed by atoms with Gasteiger partial charge in [-0.25, -0.2) is 4.79 Å². The molecule has 2 fully saturated rings. The van der Waals surface area contributed by atoms with Crippen molar-refractivity contribution in [2.75, 3.05) is 0 Å². The molecule has 0 unspecified atom stereocenters. The number of esters is 1. The van der Waals surface area contributed by atoms with Crippen LogP contribution in [0.15, 0.2) is 58.8 Å². The second-order valence-electron chi connectivity index (χ2n) is 8.96. The van der Waals surface area contributed by atoms with Crippen molar-refractivity contribution < 1.29 is 14.3 Å². The molecule has 0 aromatic heterocycles. The summed E-state index contributed by atoms with van der Waals surface area (Å²) in [5.74, 6) is 3.78. The third-order valence-electron chi connectivity index (χ3n) is 7.54. The second-order valence-corrected chi connectivity index (χ2v) is 8.96. The molecule has 4 aliphatic carbocycles.